The van der Waals surface area contributed by atoms with Crippen molar-refractivity contribution >= 4 is 17.3 Å². The van der Waals surface area contributed by atoms with Gasteiger partial charge in [-0.15, -0.1) is 0 Å². The summed E-state index contributed by atoms with van der Waals surface area (Å²) in [6.45, 7) is 6.61. The number of morpholine rings is 1. The van der Waals surface area contributed by atoms with Crippen LogP contribution >= 0.6 is 0 Å². The number of ether oxygens (including phenoxy) is 2. The summed E-state index contributed by atoms with van der Waals surface area (Å²) >= 11 is 0. The quantitative estimate of drug-likeness (QED) is 0.700. The summed E-state index contributed by atoms with van der Waals surface area (Å²) < 4.78 is 11.3. The molecule has 1 amide bonds. The molecule has 1 fully saturated rings. The SMILES string of the molecule is CCCNCC(=O)Nc1ccc(Oc2ccc(N3CCOCC3)cc2)cc1. The van der Waals surface area contributed by atoms with E-state index in [0.717, 1.165) is 56.5 Å². The molecular weight excluding hydrogens is 342 g/mol. The summed E-state index contributed by atoms with van der Waals surface area (Å²) in [5.74, 6) is 1.47. The van der Waals surface area contributed by atoms with Crippen LogP contribution in [0.25, 0.3) is 0 Å². The van der Waals surface area contributed by atoms with E-state index in [1.165, 1.54) is 5.69 Å². The summed E-state index contributed by atoms with van der Waals surface area (Å²) in [7, 11) is 0. The maximum Gasteiger partial charge on any atom is 0.238 e. The van der Waals surface area contributed by atoms with Crippen LogP contribution in [-0.2, 0) is 9.53 Å². The summed E-state index contributed by atoms with van der Waals surface area (Å²) in [6.07, 6.45) is 1.01. The highest BCUT2D eigenvalue weighted by molar-refractivity contribution is 5.92. The second kappa shape index (κ2) is 9.94. The van der Waals surface area contributed by atoms with Crippen molar-refractivity contribution < 1.29 is 14.3 Å². The number of hydrogen-bond donors (Lipinski definition) is 2. The van der Waals surface area contributed by atoms with Crippen LogP contribution in [0.4, 0.5) is 11.4 Å². The van der Waals surface area contributed by atoms with Crippen molar-refractivity contribution in [1.29, 1.82) is 0 Å². The van der Waals surface area contributed by atoms with Crippen LogP contribution in [0, 0.1) is 0 Å². The minimum atomic E-state index is -0.0455. The average Bonchev–Trinajstić information content (AvgIpc) is 2.71. The molecule has 1 aliphatic rings. The van der Waals surface area contributed by atoms with E-state index in [-0.39, 0.29) is 5.91 Å². The van der Waals surface area contributed by atoms with Crippen LogP contribution in [0.15, 0.2) is 48.5 Å². The first-order valence-corrected chi connectivity index (χ1v) is 9.46. The van der Waals surface area contributed by atoms with Gasteiger partial charge < -0.3 is 25.0 Å². The molecule has 0 spiro atoms. The molecule has 1 aliphatic heterocycles. The summed E-state index contributed by atoms with van der Waals surface area (Å²) in [5.41, 5.74) is 1.94. The first-order valence-electron chi connectivity index (χ1n) is 9.46. The van der Waals surface area contributed by atoms with E-state index in [9.17, 15) is 4.79 Å². The molecule has 2 aromatic rings. The molecule has 6 heteroatoms. The Balaban J connectivity index is 1.51. The second-order valence-corrected chi connectivity index (χ2v) is 6.44. The van der Waals surface area contributed by atoms with Gasteiger partial charge in [-0.25, -0.2) is 0 Å². The second-order valence-electron chi connectivity index (χ2n) is 6.44. The lowest BCUT2D eigenvalue weighted by Crippen LogP contribution is -2.36. The fourth-order valence-electron chi connectivity index (χ4n) is 2.87. The molecule has 2 aromatic carbocycles. The van der Waals surface area contributed by atoms with Crippen molar-refractivity contribution in [3.63, 3.8) is 0 Å². The zero-order chi connectivity index (χ0) is 18.9. The Labute approximate surface area is 160 Å². The maximum absolute atomic E-state index is 11.8. The molecule has 0 unspecified atom stereocenters. The topological polar surface area (TPSA) is 62.8 Å². The van der Waals surface area contributed by atoms with E-state index in [1.807, 2.05) is 36.4 Å². The number of hydrogen-bond acceptors (Lipinski definition) is 5. The summed E-state index contributed by atoms with van der Waals surface area (Å²) in [4.78, 5) is 14.1. The lowest BCUT2D eigenvalue weighted by Gasteiger charge is -2.28. The number of carbonyl (C=O) groups is 1. The van der Waals surface area contributed by atoms with E-state index in [1.54, 1.807) is 0 Å². The highest BCUT2D eigenvalue weighted by atomic mass is 16.5. The minimum Gasteiger partial charge on any atom is -0.457 e. The molecule has 6 nitrogen and oxygen atoms in total. The van der Waals surface area contributed by atoms with Gasteiger partial charge in [0.25, 0.3) is 0 Å². The first-order chi connectivity index (χ1) is 13.2. The van der Waals surface area contributed by atoms with Gasteiger partial charge in [0.05, 0.1) is 19.8 Å². The van der Waals surface area contributed by atoms with E-state index in [4.69, 9.17) is 9.47 Å². The smallest absolute Gasteiger partial charge is 0.238 e. The Kier molecular flexibility index (Phi) is 7.07. The molecule has 3 rings (SSSR count). The third-order valence-electron chi connectivity index (χ3n) is 4.30. The molecule has 0 saturated carbocycles. The zero-order valence-corrected chi connectivity index (χ0v) is 15.7. The standard InChI is InChI=1S/C21H27N3O3/c1-2-11-22-16-21(25)23-17-3-7-19(8-4-17)27-20-9-5-18(6-10-20)24-12-14-26-15-13-24/h3-10,22H,2,11-16H2,1H3,(H,23,25). The molecule has 0 radical (unpaired) electrons. The number of nitrogens with one attached hydrogen (secondary N) is 2. The molecule has 0 aliphatic carbocycles. The molecule has 0 aromatic heterocycles. The van der Waals surface area contributed by atoms with Crippen LogP contribution in [-0.4, -0.2) is 45.3 Å². The van der Waals surface area contributed by atoms with E-state index in [2.05, 4.69) is 34.6 Å². The lowest BCUT2D eigenvalue weighted by atomic mass is 10.2. The van der Waals surface area contributed by atoms with Crippen LogP contribution in [0.3, 0.4) is 0 Å². The number of rotatable bonds is 8. The van der Waals surface area contributed by atoms with Crippen molar-refractivity contribution in [3.8, 4) is 11.5 Å². The van der Waals surface area contributed by atoms with Crippen molar-refractivity contribution in [2.45, 2.75) is 13.3 Å². The van der Waals surface area contributed by atoms with Gasteiger partial charge >= 0.3 is 0 Å². The average molecular weight is 369 g/mol. The summed E-state index contributed by atoms with van der Waals surface area (Å²) in [5, 5.41) is 5.94. The van der Waals surface area contributed by atoms with Gasteiger partial charge in [0.2, 0.25) is 5.91 Å². The number of benzene rings is 2. The minimum absolute atomic E-state index is 0.0455. The maximum atomic E-state index is 11.8. The van der Waals surface area contributed by atoms with Crippen molar-refractivity contribution in [2.24, 2.45) is 0 Å². The van der Waals surface area contributed by atoms with Gasteiger partial charge in [0, 0.05) is 24.5 Å². The molecule has 27 heavy (non-hydrogen) atoms. The van der Waals surface area contributed by atoms with E-state index >= 15 is 0 Å². The Hall–Kier alpha value is -2.57. The Bertz CT molecular complexity index is 710. The van der Waals surface area contributed by atoms with Crippen LogP contribution in [0.2, 0.25) is 0 Å². The van der Waals surface area contributed by atoms with Crippen molar-refractivity contribution in [3.05, 3.63) is 48.5 Å². The zero-order valence-electron chi connectivity index (χ0n) is 15.7. The van der Waals surface area contributed by atoms with Gasteiger partial charge in [-0.2, -0.15) is 0 Å². The number of anilines is 2. The van der Waals surface area contributed by atoms with Gasteiger partial charge in [0.1, 0.15) is 11.5 Å². The highest BCUT2D eigenvalue weighted by Gasteiger charge is 2.11. The monoisotopic (exact) mass is 369 g/mol. The van der Waals surface area contributed by atoms with Crippen LogP contribution in [0.1, 0.15) is 13.3 Å². The molecule has 1 heterocycles. The molecule has 0 bridgehead atoms. The van der Waals surface area contributed by atoms with E-state index in [0.29, 0.717) is 6.54 Å². The number of nitrogens with zero attached hydrogens (tertiary/aromatic N) is 1. The largest absolute Gasteiger partial charge is 0.457 e. The first kappa shape index (κ1) is 19.2. The highest BCUT2D eigenvalue weighted by Crippen LogP contribution is 2.26. The molecule has 144 valence electrons. The molecule has 2 N–H and O–H groups in total. The van der Waals surface area contributed by atoms with Crippen LogP contribution < -0.4 is 20.3 Å². The van der Waals surface area contributed by atoms with Crippen molar-refractivity contribution in [2.75, 3.05) is 49.6 Å². The Morgan fingerprint density at radius 3 is 2.30 bits per heavy atom. The van der Waals surface area contributed by atoms with Gasteiger partial charge in [-0.05, 0) is 61.5 Å². The van der Waals surface area contributed by atoms with Gasteiger partial charge in [0.15, 0.2) is 0 Å². The molecular formula is C21H27N3O3. The third-order valence-corrected chi connectivity index (χ3v) is 4.30. The summed E-state index contributed by atoms with van der Waals surface area (Å²) in [6, 6.07) is 15.5. The predicted molar refractivity (Wildman–Crippen MR) is 108 cm³/mol. The van der Waals surface area contributed by atoms with Crippen LogP contribution in [0.5, 0.6) is 11.5 Å². The number of carbonyl (C=O) groups excluding carboxylic acids is 1. The fourth-order valence-corrected chi connectivity index (χ4v) is 2.87. The lowest BCUT2D eigenvalue weighted by molar-refractivity contribution is -0.115. The van der Waals surface area contributed by atoms with Gasteiger partial charge in [-0.3, -0.25) is 4.79 Å². The fraction of sp³-hybridized carbons (Fsp3) is 0.381. The Morgan fingerprint density at radius 2 is 1.67 bits per heavy atom. The molecule has 0 atom stereocenters. The molecule has 1 saturated heterocycles. The number of amides is 1. The van der Waals surface area contributed by atoms with E-state index < -0.39 is 0 Å². The predicted octanol–water partition coefficient (Wildman–Crippen LogP) is 3.25. The normalized spacial score (nSPS) is 14.0. The van der Waals surface area contributed by atoms with Gasteiger partial charge in [-0.1, -0.05) is 6.92 Å². The third kappa shape index (κ3) is 5.98. The Morgan fingerprint density at radius 1 is 1.04 bits per heavy atom. The van der Waals surface area contributed by atoms with Crippen molar-refractivity contribution in [1.82, 2.24) is 5.32 Å².